The topological polar surface area (TPSA) is 231 Å². The van der Waals surface area contributed by atoms with E-state index >= 15 is 0 Å². The van der Waals surface area contributed by atoms with Crippen LogP contribution in [0.25, 0.3) is 0 Å². The summed E-state index contributed by atoms with van der Waals surface area (Å²) in [6, 6.07) is 0. The summed E-state index contributed by atoms with van der Waals surface area (Å²) in [5.74, 6) is -0.928. The molecule has 0 bridgehead atoms. The summed E-state index contributed by atoms with van der Waals surface area (Å²) >= 11 is 0. The first-order chi connectivity index (χ1) is 35.5. The fourth-order valence-corrected chi connectivity index (χ4v) is 9.07. The maximum absolute atomic E-state index is 13.1. The largest absolute Gasteiger partial charge is 0.462 e. The number of unbranched alkanes of at least 4 members (excludes halogenated alkanes) is 26. The van der Waals surface area contributed by atoms with Crippen LogP contribution >= 0.6 is 0 Å². The van der Waals surface area contributed by atoms with Gasteiger partial charge in [-0.1, -0.05) is 179 Å². The van der Waals surface area contributed by atoms with Crippen LogP contribution in [0.2, 0.25) is 0 Å². The molecule has 0 radical (unpaired) electrons. The van der Waals surface area contributed by atoms with Crippen molar-refractivity contribution in [3.8, 4) is 0 Å². The normalized spacial score (nSPS) is 25.1. The van der Waals surface area contributed by atoms with Crippen LogP contribution in [0.4, 0.5) is 0 Å². The third kappa shape index (κ3) is 32.2. The Hall–Kier alpha value is -2.28. The molecule has 0 aromatic carbocycles. The minimum Gasteiger partial charge on any atom is -0.462 e. The maximum atomic E-state index is 13.1. The molecule has 426 valence electrons. The fourth-order valence-electron chi connectivity index (χ4n) is 9.07. The van der Waals surface area contributed by atoms with Gasteiger partial charge in [-0.25, -0.2) is 0 Å². The Morgan fingerprint density at radius 1 is 0.438 bits per heavy atom. The van der Waals surface area contributed by atoms with Crippen molar-refractivity contribution in [3.63, 3.8) is 0 Å². The number of esters is 2. The lowest BCUT2D eigenvalue weighted by atomic mass is 9.98. The van der Waals surface area contributed by atoms with Crippen LogP contribution < -0.4 is 0 Å². The lowest BCUT2D eigenvalue weighted by Gasteiger charge is -2.42. The van der Waals surface area contributed by atoms with Gasteiger partial charge in [-0.2, -0.15) is 0 Å². The SMILES string of the molecule is CCCCC/C=C\C/C=C\CCCCCCCCCCCC(=O)OC(COC(=O)CCCCCCCCC/C=C\CCCCCCCCC)COC1OC(COC2OC(CO)C(O)C(O)C2O)C(O)C(O)C1O. The zero-order valence-electron chi connectivity index (χ0n) is 45.4. The highest BCUT2D eigenvalue weighted by Gasteiger charge is 2.47. The average Bonchev–Trinajstić information content (AvgIpc) is 3.38. The van der Waals surface area contributed by atoms with Crippen molar-refractivity contribution in [2.45, 2.75) is 293 Å². The van der Waals surface area contributed by atoms with Gasteiger partial charge in [-0.15, -0.1) is 0 Å². The van der Waals surface area contributed by atoms with Crippen LogP contribution in [0.5, 0.6) is 0 Å². The number of hydrogen-bond acceptors (Lipinski definition) is 15. The molecule has 0 amide bonds. The highest BCUT2D eigenvalue weighted by Crippen LogP contribution is 2.27. The van der Waals surface area contributed by atoms with Crippen molar-refractivity contribution in [1.29, 1.82) is 0 Å². The van der Waals surface area contributed by atoms with Crippen LogP contribution in [0.1, 0.15) is 226 Å². The zero-order valence-corrected chi connectivity index (χ0v) is 45.4. The number of carbonyl (C=O) groups excluding carboxylic acids is 2. The van der Waals surface area contributed by atoms with Gasteiger partial charge in [-0.05, 0) is 70.6 Å². The van der Waals surface area contributed by atoms with E-state index in [0.29, 0.717) is 12.8 Å². The Bertz CT molecular complexity index is 1410. The van der Waals surface area contributed by atoms with Gasteiger partial charge >= 0.3 is 11.9 Å². The van der Waals surface area contributed by atoms with Gasteiger partial charge in [0.05, 0.1) is 19.8 Å². The summed E-state index contributed by atoms with van der Waals surface area (Å²) in [7, 11) is 0. The second kappa shape index (κ2) is 44.8. The number of aliphatic hydroxyl groups is 7. The molecule has 2 heterocycles. The Labute approximate surface area is 440 Å². The van der Waals surface area contributed by atoms with E-state index in [2.05, 4.69) is 50.3 Å². The molecule has 11 atom stereocenters. The van der Waals surface area contributed by atoms with Crippen molar-refractivity contribution < 1.29 is 73.8 Å². The minimum atomic E-state index is -1.77. The van der Waals surface area contributed by atoms with Crippen LogP contribution in [0, 0.1) is 0 Å². The Morgan fingerprint density at radius 2 is 0.822 bits per heavy atom. The van der Waals surface area contributed by atoms with Gasteiger partial charge in [0.15, 0.2) is 18.7 Å². The number of rotatable bonds is 46. The molecule has 0 aromatic heterocycles. The predicted octanol–water partition coefficient (Wildman–Crippen LogP) is 9.66. The number of aliphatic hydroxyl groups excluding tert-OH is 7. The number of carbonyl (C=O) groups is 2. The molecule has 2 aliphatic rings. The molecule has 0 spiro atoms. The molecule has 2 rings (SSSR count). The summed E-state index contributed by atoms with van der Waals surface area (Å²) in [4.78, 5) is 25.9. The first-order valence-corrected chi connectivity index (χ1v) is 29.1. The third-order valence-corrected chi connectivity index (χ3v) is 13.8. The molecule has 0 aliphatic carbocycles. The second-order valence-electron chi connectivity index (χ2n) is 20.5. The molecule has 0 saturated carbocycles. The lowest BCUT2D eigenvalue weighted by Crippen LogP contribution is -2.61. The van der Waals surface area contributed by atoms with Crippen LogP contribution in [0.15, 0.2) is 36.5 Å². The number of hydrogen-bond donors (Lipinski definition) is 7. The van der Waals surface area contributed by atoms with Crippen molar-refractivity contribution in [2.75, 3.05) is 26.4 Å². The smallest absolute Gasteiger partial charge is 0.306 e. The minimum absolute atomic E-state index is 0.160. The highest BCUT2D eigenvalue weighted by atomic mass is 16.7. The van der Waals surface area contributed by atoms with Crippen LogP contribution in [-0.4, -0.2) is 142 Å². The summed E-state index contributed by atoms with van der Waals surface area (Å²) in [5.41, 5.74) is 0. The van der Waals surface area contributed by atoms with Gasteiger partial charge in [-0.3, -0.25) is 9.59 Å². The standard InChI is InChI=1S/C58H104O15/c1-3-5-7-9-11-13-15-17-19-21-23-25-27-29-31-33-35-37-39-41-50(61)71-46(43-68-49(60)40-38-36-34-32-30-28-26-24-22-20-18-16-14-12-10-8-6-4-2)44-69-57-56(67)54(65)52(63)48(73-57)45-70-58-55(66)53(64)51(62)47(42-59)72-58/h11,13,17,19-20,22,46-48,51-59,62-67H,3-10,12,14-16,18,21,23-45H2,1-2H3/b13-11-,19-17-,22-20-. The first-order valence-electron chi connectivity index (χ1n) is 29.1. The number of allylic oxidation sites excluding steroid dienone is 6. The van der Waals surface area contributed by atoms with E-state index in [0.717, 1.165) is 64.2 Å². The van der Waals surface area contributed by atoms with E-state index in [4.69, 9.17) is 28.4 Å². The van der Waals surface area contributed by atoms with Crippen molar-refractivity contribution in [2.24, 2.45) is 0 Å². The van der Waals surface area contributed by atoms with Crippen LogP contribution in [0.3, 0.4) is 0 Å². The maximum Gasteiger partial charge on any atom is 0.306 e. The number of ether oxygens (including phenoxy) is 6. The average molecular weight is 1040 g/mol. The lowest BCUT2D eigenvalue weighted by molar-refractivity contribution is -0.332. The first kappa shape index (κ1) is 66.8. The molecule has 2 fully saturated rings. The Morgan fingerprint density at radius 3 is 1.32 bits per heavy atom. The molecule has 2 saturated heterocycles. The summed E-state index contributed by atoms with van der Waals surface area (Å²) in [5, 5.41) is 72.3. The quantitative estimate of drug-likeness (QED) is 0.0171. The molecular weight excluding hydrogens is 937 g/mol. The molecule has 73 heavy (non-hydrogen) atoms. The van der Waals surface area contributed by atoms with Crippen LogP contribution in [-0.2, 0) is 38.0 Å². The van der Waals surface area contributed by atoms with Gasteiger partial charge in [0.2, 0.25) is 0 Å². The van der Waals surface area contributed by atoms with E-state index in [1.165, 1.54) is 122 Å². The van der Waals surface area contributed by atoms with Crippen molar-refractivity contribution in [1.82, 2.24) is 0 Å². The van der Waals surface area contributed by atoms with E-state index in [1.54, 1.807) is 0 Å². The Kier molecular flexibility index (Phi) is 41.0. The zero-order chi connectivity index (χ0) is 53.2. The molecule has 0 aromatic rings. The van der Waals surface area contributed by atoms with E-state index in [-0.39, 0.29) is 26.1 Å². The fraction of sp³-hybridized carbons (Fsp3) is 0.862. The molecule has 7 N–H and O–H groups in total. The molecule has 2 aliphatic heterocycles. The summed E-state index contributed by atoms with van der Waals surface area (Å²) < 4.78 is 33.7. The van der Waals surface area contributed by atoms with E-state index in [1.807, 2.05) is 0 Å². The highest BCUT2D eigenvalue weighted by molar-refractivity contribution is 5.70. The van der Waals surface area contributed by atoms with Gasteiger partial charge in [0.1, 0.15) is 55.4 Å². The molecule has 15 nitrogen and oxygen atoms in total. The van der Waals surface area contributed by atoms with Gasteiger partial charge in [0.25, 0.3) is 0 Å². The summed E-state index contributed by atoms with van der Waals surface area (Å²) in [6.07, 6.45) is 33.0. The van der Waals surface area contributed by atoms with Crippen molar-refractivity contribution >= 4 is 11.9 Å². The van der Waals surface area contributed by atoms with Crippen molar-refractivity contribution in [3.05, 3.63) is 36.5 Å². The van der Waals surface area contributed by atoms with Gasteiger partial charge < -0.3 is 64.2 Å². The third-order valence-electron chi connectivity index (χ3n) is 13.8. The second-order valence-corrected chi connectivity index (χ2v) is 20.5. The molecule has 11 unspecified atom stereocenters. The molecular formula is C58H104O15. The monoisotopic (exact) mass is 1040 g/mol. The van der Waals surface area contributed by atoms with E-state index < -0.39 is 92.7 Å². The predicted molar refractivity (Wildman–Crippen MR) is 284 cm³/mol. The molecule has 15 heteroatoms. The summed E-state index contributed by atoms with van der Waals surface area (Å²) in [6.45, 7) is 2.59. The van der Waals surface area contributed by atoms with Gasteiger partial charge in [0, 0.05) is 12.8 Å². The Balaban J connectivity index is 1.76. The van der Waals surface area contributed by atoms with E-state index in [9.17, 15) is 45.3 Å².